The number of nitrogens with one attached hydrogen (secondary N) is 1. The maximum Gasteiger partial charge on any atom is 0.247 e. The number of aromatic nitrogens is 1. The molecule has 0 atom stereocenters. The molecular weight excluding hydrogens is 346 g/mol. The first kappa shape index (κ1) is 18.3. The third-order valence-corrected chi connectivity index (χ3v) is 5.30. The van der Waals surface area contributed by atoms with Crippen molar-refractivity contribution in [3.05, 3.63) is 52.5 Å². The van der Waals surface area contributed by atoms with Gasteiger partial charge in [-0.3, -0.25) is 9.59 Å². The first-order valence-corrected chi connectivity index (χ1v) is 9.59. The summed E-state index contributed by atoms with van der Waals surface area (Å²) in [4.78, 5) is 32.0. The van der Waals surface area contributed by atoms with Crippen molar-refractivity contribution in [1.82, 2.24) is 9.88 Å². The lowest BCUT2D eigenvalue weighted by molar-refractivity contribution is -0.130. The highest BCUT2D eigenvalue weighted by Gasteiger charge is 2.27. The van der Waals surface area contributed by atoms with E-state index in [1.165, 1.54) is 11.3 Å². The molecule has 1 N–H and O–H groups in total. The fourth-order valence-electron chi connectivity index (χ4n) is 2.54. The molecule has 136 valence electrons. The Labute approximate surface area is 157 Å². The Kier molecular flexibility index (Phi) is 5.83. The summed E-state index contributed by atoms with van der Waals surface area (Å²) in [5.74, 6) is 0.171. The second kappa shape index (κ2) is 8.27. The summed E-state index contributed by atoms with van der Waals surface area (Å²) in [6.07, 6.45) is 5.58. The highest BCUT2D eigenvalue weighted by Crippen LogP contribution is 2.30. The number of benzene rings is 1. The van der Waals surface area contributed by atoms with Crippen molar-refractivity contribution in [3.63, 3.8) is 0 Å². The molecule has 0 aliphatic heterocycles. The molecule has 1 aromatic heterocycles. The van der Waals surface area contributed by atoms with Crippen molar-refractivity contribution in [2.75, 3.05) is 18.4 Å². The normalized spacial score (nSPS) is 13.8. The van der Waals surface area contributed by atoms with E-state index in [2.05, 4.69) is 10.3 Å². The number of aryl methyl sites for hydroxylation is 2. The number of amides is 2. The van der Waals surface area contributed by atoms with Crippen LogP contribution in [-0.4, -0.2) is 34.8 Å². The maximum atomic E-state index is 12.6. The van der Waals surface area contributed by atoms with E-state index in [1.807, 2.05) is 44.2 Å². The van der Waals surface area contributed by atoms with E-state index in [1.54, 1.807) is 17.1 Å². The van der Waals surface area contributed by atoms with E-state index >= 15 is 0 Å². The van der Waals surface area contributed by atoms with E-state index in [0.29, 0.717) is 17.6 Å². The molecule has 2 aromatic rings. The molecule has 6 heteroatoms. The minimum absolute atomic E-state index is 0.0478. The van der Waals surface area contributed by atoms with Gasteiger partial charge in [0.2, 0.25) is 11.8 Å². The molecule has 1 aliphatic rings. The lowest BCUT2D eigenvalue weighted by Crippen LogP contribution is -2.38. The van der Waals surface area contributed by atoms with Gasteiger partial charge in [-0.2, -0.15) is 0 Å². The van der Waals surface area contributed by atoms with Gasteiger partial charge in [-0.25, -0.2) is 4.98 Å². The zero-order valence-electron chi connectivity index (χ0n) is 15.1. The fourth-order valence-corrected chi connectivity index (χ4v) is 3.37. The van der Waals surface area contributed by atoms with Crippen LogP contribution in [0.2, 0.25) is 0 Å². The third-order valence-electron chi connectivity index (χ3n) is 4.31. The molecule has 1 saturated carbocycles. The number of thiazole rings is 1. The minimum atomic E-state index is -0.208. The average molecular weight is 369 g/mol. The van der Waals surface area contributed by atoms with Crippen molar-refractivity contribution in [3.8, 4) is 0 Å². The molecule has 26 heavy (non-hydrogen) atoms. The monoisotopic (exact) mass is 369 g/mol. The predicted molar refractivity (Wildman–Crippen MR) is 105 cm³/mol. The van der Waals surface area contributed by atoms with Crippen LogP contribution in [-0.2, 0) is 9.59 Å². The van der Waals surface area contributed by atoms with Crippen LogP contribution in [0.5, 0.6) is 0 Å². The quantitative estimate of drug-likeness (QED) is 0.758. The molecule has 1 aliphatic carbocycles. The Morgan fingerprint density at radius 2 is 2.00 bits per heavy atom. The zero-order chi connectivity index (χ0) is 18.5. The SMILES string of the molecule is Cc1nc(NC(=O)CN(CC2CC2)C(=O)C=Cc2ccccc2)sc1C. The number of anilines is 1. The van der Waals surface area contributed by atoms with Gasteiger partial charge in [0.25, 0.3) is 0 Å². The Hall–Kier alpha value is -2.47. The number of nitrogens with zero attached hydrogens (tertiary/aromatic N) is 2. The lowest BCUT2D eigenvalue weighted by atomic mass is 10.2. The van der Waals surface area contributed by atoms with Gasteiger partial charge >= 0.3 is 0 Å². The van der Waals surface area contributed by atoms with Gasteiger partial charge in [0, 0.05) is 17.5 Å². The minimum Gasteiger partial charge on any atom is -0.330 e. The van der Waals surface area contributed by atoms with Crippen molar-refractivity contribution in [1.29, 1.82) is 0 Å². The smallest absolute Gasteiger partial charge is 0.247 e. The van der Waals surface area contributed by atoms with Gasteiger partial charge in [-0.1, -0.05) is 30.3 Å². The Balaban J connectivity index is 1.62. The first-order chi connectivity index (χ1) is 12.5. The van der Waals surface area contributed by atoms with E-state index in [9.17, 15) is 9.59 Å². The molecule has 5 nitrogen and oxygen atoms in total. The summed E-state index contributed by atoms with van der Waals surface area (Å²) in [6.45, 7) is 4.56. The van der Waals surface area contributed by atoms with Crippen molar-refractivity contribution < 1.29 is 9.59 Å². The molecule has 0 saturated heterocycles. The Bertz CT molecular complexity index is 790. The standard InChI is InChI=1S/C20H23N3O2S/c1-14-15(2)26-20(21-14)22-18(24)13-23(12-17-8-9-17)19(25)11-10-16-6-4-3-5-7-16/h3-7,10-11,17H,8-9,12-13H2,1-2H3,(H,21,22,24). The van der Waals surface area contributed by atoms with Crippen LogP contribution in [0.1, 0.15) is 29.0 Å². The number of hydrogen-bond acceptors (Lipinski definition) is 4. The number of rotatable bonds is 7. The highest BCUT2D eigenvalue weighted by molar-refractivity contribution is 7.15. The summed E-state index contributed by atoms with van der Waals surface area (Å²) in [7, 11) is 0. The molecule has 0 bridgehead atoms. The van der Waals surface area contributed by atoms with Crippen molar-refractivity contribution >= 4 is 34.4 Å². The first-order valence-electron chi connectivity index (χ1n) is 8.77. The largest absolute Gasteiger partial charge is 0.330 e. The summed E-state index contributed by atoms with van der Waals surface area (Å²) < 4.78 is 0. The van der Waals surface area contributed by atoms with Gasteiger partial charge in [-0.05, 0) is 44.2 Å². The summed E-state index contributed by atoms with van der Waals surface area (Å²) in [5, 5.41) is 3.39. The molecule has 0 spiro atoms. The molecule has 3 rings (SSSR count). The molecule has 0 radical (unpaired) electrons. The van der Waals surface area contributed by atoms with Crippen LogP contribution in [0.25, 0.3) is 6.08 Å². The molecule has 0 unspecified atom stereocenters. The molecule has 1 heterocycles. The molecule has 2 amide bonds. The second-order valence-electron chi connectivity index (χ2n) is 6.61. The van der Waals surface area contributed by atoms with Crippen LogP contribution in [0.4, 0.5) is 5.13 Å². The molecular formula is C20H23N3O2S. The zero-order valence-corrected chi connectivity index (χ0v) is 15.9. The third kappa shape index (κ3) is 5.26. The van der Waals surface area contributed by atoms with Crippen LogP contribution in [0.15, 0.2) is 36.4 Å². The van der Waals surface area contributed by atoms with E-state index in [4.69, 9.17) is 0 Å². The molecule has 1 aromatic carbocycles. The number of hydrogen-bond donors (Lipinski definition) is 1. The Morgan fingerprint density at radius 1 is 1.27 bits per heavy atom. The van der Waals surface area contributed by atoms with E-state index < -0.39 is 0 Å². The Morgan fingerprint density at radius 3 is 2.62 bits per heavy atom. The van der Waals surface area contributed by atoms with Crippen LogP contribution in [0.3, 0.4) is 0 Å². The van der Waals surface area contributed by atoms with Crippen LogP contribution < -0.4 is 5.32 Å². The average Bonchev–Trinajstić information content (AvgIpc) is 3.38. The predicted octanol–water partition coefficient (Wildman–Crippen LogP) is 3.65. The van der Waals surface area contributed by atoms with Crippen LogP contribution in [0, 0.1) is 19.8 Å². The summed E-state index contributed by atoms with van der Waals surface area (Å²) in [5.41, 5.74) is 1.88. The van der Waals surface area contributed by atoms with Gasteiger partial charge in [0.05, 0.1) is 5.69 Å². The maximum absolute atomic E-state index is 12.6. The number of carbonyl (C=O) groups excluding carboxylic acids is 2. The highest BCUT2D eigenvalue weighted by atomic mass is 32.1. The van der Waals surface area contributed by atoms with Gasteiger partial charge in [-0.15, -0.1) is 11.3 Å². The lowest BCUT2D eigenvalue weighted by Gasteiger charge is -2.20. The number of carbonyl (C=O) groups is 2. The summed E-state index contributed by atoms with van der Waals surface area (Å²) >= 11 is 1.45. The topological polar surface area (TPSA) is 62.3 Å². The van der Waals surface area contributed by atoms with E-state index in [0.717, 1.165) is 29.0 Å². The van der Waals surface area contributed by atoms with Crippen LogP contribution >= 0.6 is 11.3 Å². The fraction of sp³-hybridized carbons (Fsp3) is 0.350. The summed E-state index contributed by atoms with van der Waals surface area (Å²) in [6, 6.07) is 9.67. The molecule has 1 fully saturated rings. The second-order valence-corrected chi connectivity index (χ2v) is 7.82. The van der Waals surface area contributed by atoms with E-state index in [-0.39, 0.29) is 18.4 Å². The van der Waals surface area contributed by atoms with Gasteiger partial charge in [0.15, 0.2) is 5.13 Å². The van der Waals surface area contributed by atoms with Crippen molar-refractivity contribution in [2.45, 2.75) is 26.7 Å². The van der Waals surface area contributed by atoms with Crippen molar-refractivity contribution in [2.24, 2.45) is 5.92 Å². The van der Waals surface area contributed by atoms with Gasteiger partial charge < -0.3 is 10.2 Å². The van der Waals surface area contributed by atoms with Gasteiger partial charge in [0.1, 0.15) is 6.54 Å².